The van der Waals surface area contributed by atoms with Gasteiger partial charge >= 0.3 is 0 Å². The lowest BCUT2D eigenvalue weighted by Crippen LogP contribution is -2.17. The molecule has 3 aromatic rings. The Morgan fingerprint density at radius 3 is 2.71 bits per heavy atom. The molecule has 0 aliphatic heterocycles. The van der Waals surface area contributed by atoms with Crippen molar-refractivity contribution in [2.75, 3.05) is 0 Å². The highest BCUT2D eigenvalue weighted by molar-refractivity contribution is 6.02. The van der Waals surface area contributed by atoms with Gasteiger partial charge in [0.1, 0.15) is 11.3 Å². The normalized spacial score (nSPS) is 12.9. The van der Waals surface area contributed by atoms with Crippen molar-refractivity contribution in [3.05, 3.63) is 53.6 Å². The van der Waals surface area contributed by atoms with Gasteiger partial charge in [-0.25, -0.2) is 4.98 Å². The first-order valence-electron chi connectivity index (χ1n) is 8.84. The highest BCUT2D eigenvalue weighted by Gasteiger charge is 2.14. The number of amides is 1. The second-order valence-corrected chi connectivity index (χ2v) is 6.58. The molecule has 0 saturated carbocycles. The van der Waals surface area contributed by atoms with Gasteiger partial charge in [0, 0.05) is 29.8 Å². The first-order valence-corrected chi connectivity index (χ1v) is 8.84. The molecule has 0 bridgehead atoms. The number of hydrogen-bond donors (Lipinski definition) is 2. The average molecular weight is 379 g/mol. The summed E-state index contributed by atoms with van der Waals surface area (Å²) in [4.78, 5) is 34.6. The van der Waals surface area contributed by atoms with Crippen LogP contribution in [-0.2, 0) is 11.2 Å². The van der Waals surface area contributed by atoms with E-state index in [4.69, 9.17) is 5.73 Å². The second-order valence-electron chi connectivity index (χ2n) is 6.58. The monoisotopic (exact) mass is 379 g/mol. The molecule has 3 aromatic heterocycles. The molecule has 144 valence electrons. The van der Waals surface area contributed by atoms with Gasteiger partial charge in [-0.1, -0.05) is 0 Å². The third-order valence-electron chi connectivity index (χ3n) is 4.24. The molecular weight excluding hydrogens is 358 g/mol. The number of hydrogen-bond acceptors (Lipinski definition) is 5. The number of fused-ring (bicyclic) bond motifs is 1. The molecule has 1 amide bonds. The number of aliphatic imine (C=N–C) groups is 1. The van der Waals surface area contributed by atoms with Crippen LogP contribution in [0.3, 0.4) is 0 Å². The largest absolute Gasteiger partial charge is 0.393 e. The lowest BCUT2D eigenvalue weighted by Gasteiger charge is -2.11. The summed E-state index contributed by atoms with van der Waals surface area (Å²) in [6, 6.07) is 7.22. The van der Waals surface area contributed by atoms with Crippen LogP contribution >= 0.6 is 0 Å². The topological polar surface area (TPSA) is 123 Å². The van der Waals surface area contributed by atoms with E-state index in [1.165, 1.54) is 13.1 Å². The fourth-order valence-corrected chi connectivity index (χ4v) is 2.95. The van der Waals surface area contributed by atoms with Crippen molar-refractivity contribution in [3.8, 4) is 5.69 Å². The summed E-state index contributed by atoms with van der Waals surface area (Å²) < 4.78 is 1.93. The molecule has 0 aliphatic rings. The molecule has 0 aliphatic carbocycles. The third kappa shape index (κ3) is 4.12. The molecule has 3 heterocycles. The molecular formula is C20H21N5O3. The van der Waals surface area contributed by atoms with Gasteiger partial charge in [0.15, 0.2) is 12.1 Å². The highest BCUT2D eigenvalue weighted by atomic mass is 16.3. The van der Waals surface area contributed by atoms with E-state index < -0.39 is 12.0 Å². The van der Waals surface area contributed by atoms with E-state index in [2.05, 4.69) is 15.0 Å². The van der Waals surface area contributed by atoms with Crippen LogP contribution < -0.4 is 5.73 Å². The van der Waals surface area contributed by atoms with E-state index in [1.54, 1.807) is 25.3 Å². The van der Waals surface area contributed by atoms with Crippen molar-refractivity contribution in [3.63, 3.8) is 0 Å². The molecule has 28 heavy (non-hydrogen) atoms. The van der Waals surface area contributed by atoms with Gasteiger partial charge in [0.05, 0.1) is 18.0 Å². The third-order valence-corrected chi connectivity index (χ3v) is 4.24. The number of carbonyl (C=O) groups excluding carboxylic acids is 2. The predicted octanol–water partition coefficient (Wildman–Crippen LogP) is 1.80. The van der Waals surface area contributed by atoms with Gasteiger partial charge in [-0.15, -0.1) is 0 Å². The number of rotatable bonds is 6. The van der Waals surface area contributed by atoms with Gasteiger partial charge < -0.3 is 10.8 Å². The van der Waals surface area contributed by atoms with E-state index in [1.807, 2.05) is 16.7 Å². The second kappa shape index (κ2) is 8.10. The number of nitrogens with two attached hydrogens (primary N) is 1. The lowest BCUT2D eigenvalue weighted by molar-refractivity contribution is -0.115. The molecule has 1 unspecified atom stereocenters. The molecule has 0 spiro atoms. The zero-order valence-corrected chi connectivity index (χ0v) is 15.7. The summed E-state index contributed by atoms with van der Waals surface area (Å²) in [5.41, 5.74) is 9.05. The van der Waals surface area contributed by atoms with Crippen molar-refractivity contribution >= 4 is 29.1 Å². The Kier molecular flexibility index (Phi) is 5.60. The van der Waals surface area contributed by atoms with Gasteiger partial charge in [-0.2, -0.15) is 4.99 Å². The van der Waals surface area contributed by atoms with E-state index in [0.29, 0.717) is 29.7 Å². The maximum Gasteiger partial charge on any atom is 0.244 e. The first-order chi connectivity index (χ1) is 13.4. The molecule has 0 radical (unpaired) electrons. The van der Waals surface area contributed by atoms with Crippen molar-refractivity contribution in [1.82, 2.24) is 14.5 Å². The van der Waals surface area contributed by atoms with Crippen molar-refractivity contribution < 1.29 is 14.7 Å². The minimum Gasteiger partial charge on any atom is -0.393 e. The molecule has 8 nitrogen and oxygen atoms in total. The molecule has 8 heteroatoms. The van der Waals surface area contributed by atoms with Crippen LogP contribution in [0.25, 0.3) is 16.7 Å². The molecule has 0 saturated heterocycles. The number of aromatic nitrogens is 3. The zero-order chi connectivity index (χ0) is 20.3. The number of aryl methyl sites for hydroxylation is 1. The molecule has 3 N–H and O–H groups in total. The Bertz CT molecular complexity index is 1050. The van der Waals surface area contributed by atoms with Gasteiger partial charge in [-0.3, -0.25) is 19.1 Å². The number of amidine groups is 1. The Balaban J connectivity index is 2.08. The highest BCUT2D eigenvalue weighted by Crippen LogP contribution is 2.24. The van der Waals surface area contributed by atoms with Crippen LogP contribution in [-0.4, -0.2) is 43.8 Å². The minimum absolute atomic E-state index is 0.0551. The summed E-state index contributed by atoms with van der Waals surface area (Å²) >= 11 is 0. The van der Waals surface area contributed by atoms with Crippen LogP contribution in [0.1, 0.15) is 42.0 Å². The Morgan fingerprint density at radius 2 is 2.11 bits per heavy atom. The Labute approximate surface area is 161 Å². The lowest BCUT2D eigenvalue weighted by atomic mass is 10.1. The molecule has 0 aromatic carbocycles. The summed E-state index contributed by atoms with van der Waals surface area (Å²) in [7, 11) is 0. The summed E-state index contributed by atoms with van der Waals surface area (Å²) in [5, 5.41) is 10.5. The van der Waals surface area contributed by atoms with Gasteiger partial charge in [0.2, 0.25) is 5.91 Å². The van der Waals surface area contributed by atoms with Crippen molar-refractivity contribution in [2.24, 2.45) is 10.7 Å². The molecule has 0 fully saturated rings. The Hall–Kier alpha value is -3.39. The molecule has 3 rings (SSSR count). The number of aliphatic hydroxyl groups excluding tert-OH is 1. The van der Waals surface area contributed by atoms with Crippen molar-refractivity contribution in [1.29, 1.82) is 0 Å². The first kappa shape index (κ1) is 19.4. The number of aliphatic hydroxyl groups is 1. The number of aldehydes is 1. The predicted molar refractivity (Wildman–Crippen MR) is 106 cm³/mol. The smallest absolute Gasteiger partial charge is 0.244 e. The SMILES string of the molecule is CC(=O)N=C(N)c1ccc(-n2c(CCC(C)O)cc3cc(C=O)cnc32)cn1. The maximum atomic E-state index is 11.1. The van der Waals surface area contributed by atoms with Crippen LogP contribution in [0, 0.1) is 0 Å². The number of nitrogens with zero attached hydrogens (tertiary/aromatic N) is 4. The fourth-order valence-electron chi connectivity index (χ4n) is 2.95. The van der Waals surface area contributed by atoms with E-state index in [-0.39, 0.29) is 5.84 Å². The average Bonchev–Trinajstić information content (AvgIpc) is 3.03. The van der Waals surface area contributed by atoms with Gasteiger partial charge in [-0.05, 0) is 44.0 Å². The van der Waals surface area contributed by atoms with Gasteiger partial charge in [0.25, 0.3) is 0 Å². The standard InChI is InChI=1S/C20H21N5O3/c1-12(27)3-4-16-8-15-7-14(11-26)9-23-20(15)25(16)17-5-6-18(22-10-17)19(21)24-13(2)28/h5-12,27H,3-4H2,1-2H3,(H2,21,24,28). The summed E-state index contributed by atoms with van der Waals surface area (Å²) in [6.07, 6.45) is 4.67. The van der Waals surface area contributed by atoms with Crippen molar-refractivity contribution in [2.45, 2.75) is 32.8 Å². The summed E-state index contributed by atoms with van der Waals surface area (Å²) in [6.45, 7) is 3.06. The van der Waals surface area contributed by atoms with Crippen LogP contribution in [0.5, 0.6) is 0 Å². The van der Waals surface area contributed by atoms with Crippen LogP contribution in [0.2, 0.25) is 0 Å². The minimum atomic E-state index is -0.437. The van der Waals surface area contributed by atoms with Crippen LogP contribution in [0.4, 0.5) is 0 Å². The quantitative estimate of drug-likeness (QED) is 0.382. The van der Waals surface area contributed by atoms with Crippen LogP contribution in [0.15, 0.2) is 41.7 Å². The maximum absolute atomic E-state index is 11.1. The number of pyridine rings is 2. The fraction of sp³-hybridized carbons (Fsp3) is 0.250. The number of carbonyl (C=O) groups is 2. The van der Waals surface area contributed by atoms with E-state index in [0.717, 1.165) is 23.1 Å². The Morgan fingerprint density at radius 1 is 1.32 bits per heavy atom. The molecule has 1 atom stereocenters. The van der Waals surface area contributed by atoms with E-state index in [9.17, 15) is 14.7 Å². The summed E-state index contributed by atoms with van der Waals surface area (Å²) in [5.74, 6) is -0.338. The van der Waals surface area contributed by atoms with E-state index >= 15 is 0 Å². The zero-order valence-electron chi connectivity index (χ0n) is 15.7.